The first-order valence-electron chi connectivity index (χ1n) is 5.80. The van der Waals surface area contributed by atoms with Crippen LogP contribution in [-0.4, -0.2) is 18.5 Å². The first kappa shape index (κ1) is 13.8. The van der Waals surface area contributed by atoms with Crippen molar-refractivity contribution >= 4 is 17.3 Å². The van der Waals surface area contributed by atoms with Gasteiger partial charge in [-0.05, 0) is 32.0 Å². The highest BCUT2D eigenvalue weighted by Gasteiger charge is 2.17. The first-order valence-corrected chi connectivity index (χ1v) is 5.80. The molecule has 0 bridgehead atoms. The van der Waals surface area contributed by atoms with Crippen molar-refractivity contribution in [1.29, 1.82) is 5.26 Å². The standard InChI is InChI=1S/C13H18N4O/c1-9(2)17(7-3-6-14)12-5-4-10(15)8-11(12)13(16)18/h4-5,8-9H,3,7,15H2,1-2H3,(H2,16,18). The molecule has 1 aromatic carbocycles. The van der Waals surface area contributed by atoms with E-state index in [-0.39, 0.29) is 6.04 Å². The average Bonchev–Trinajstić information content (AvgIpc) is 2.30. The van der Waals surface area contributed by atoms with E-state index in [4.69, 9.17) is 16.7 Å². The molecule has 0 aliphatic rings. The third-order valence-corrected chi connectivity index (χ3v) is 2.68. The minimum Gasteiger partial charge on any atom is -0.399 e. The summed E-state index contributed by atoms with van der Waals surface area (Å²) in [7, 11) is 0. The van der Waals surface area contributed by atoms with Crippen molar-refractivity contribution in [3.05, 3.63) is 23.8 Å². The van der Waals surface area contributed by atoms with Gasteiger partial charge in [0.25, 0.3) is 5.91 Å². The van der Waals surface area contributed by atoms with E-state index in [1.54, 1.807) is 18.2 Å². The highest BCUT2D eigenvalue weighted by molar-refractivity contribution is 5.99. The van der Waals surface area contributed by atoms with Crippen LogP contribution in [0, 0.1) is 11.3 Å². The molecule has 0 saturated carbocycles. The highest BCUT2D eigenvalue weighted by Crippen LogP contribution is 2.24. The van der Waals surface area contributed by atoms with E-state index in [0.717, 1.165) is 5.69 Å². The number of nitrogens with zero attached hydrogens (tertiary/aromatic N) is 2. The number of nitrogen functional groups attached to an aromatic ring is 1. The molecule has 0 atom stereocenters. The summed E-state index contributed by atoms with van der Waals surface area (Å²) in [4.78, 5) is 13.4. The molecular weight excluding hydrogens is 228 g/mol. The molecule has 0 aromatic heterocycles. The van der Waals surface area contributed by atoms with Gasteiger partial charge in [0.1, 0.15) is 0 Å². The van der Waals surface area contributed by atoms with E-state index in [9.17, 15) is 4.79 Å². The van der Waals surface area contributed by atoms with Crippen molar-refractivity contribution in [2.75, 3.05) is 17.2 Å². The summed E-state index contributed by atoms with van der Waals surface area (Å²) in [6.45, 7) is 4.55. The maximum absolute atomic E-state index is 11.4. The third kappa shape index (κ3) is 3.14. The largest absolute Gasteiger partial charge is 0.399 e. The number of nitriles is 1. The Kier molecular flexibility index (Phi) is 4.55. The first-order chi connectivity index (χ1) is 8.47. The van der Waals surface area contributed by atoms with Crippen molar-refractivity contribution < 1.29 is 4.79 Å². The Hall–Kier alpha value is -2.22. The van der Waals surface area contributed by atoms with Crippen LogP contribution in [0.15, 0.2) is 18.2 Å². The Labute approximate surface area is 107 Å². The SMILES string of the molecule is CC(C)N(CCC#N)c1ccc(N)cc1C(N)=O. The molecule has 0 fully saturated rings. The van der Waals surface area contributed by atoms with Crippen molar-refractivity contribution in [1.82, 2.24) is 0 Å². The monoisotopic (exact) mass is 246 g/mol. The molecule has 18 heavy (non-hydrogen) atoms. The van der Waals surface area contributed by atoms with Crippen LogP contribution >= 0.6 is 0 Å². The molecule has 0 aliphatic heterocycles. The molecule has 1 aromatic rings. The molecule has 4 N–H and O–H groups in total. The van der Waals surface area contributed by atoms with Crippen molar-refractivity contribution in [2.24, 2.45) is 5.73 Å². The normalized spacial score (nSPS) is 10.1. The van der Waals surface area contributed by atoms with Gasteiger partial charge >= 0.3 is 0 Å². The lowest BCUT2D eigenvalue weighted by Crippen LogP contribution is -2.33. The number of nitrogens with two attached hydrogens (primary N) is 2. The average molecular weight is 246 g/mol. The topological polar surface area (TPSA) is 96.1 Å². The molecule has 0 radical (unpaired) electrons. The van der Waals surface area contributed by atoms with Gasteiger partial charge in [-0.25, -0.2) is 0 Å². The Morgan fingerprint density at radius 3 is 2.67 bits per heavy atom. The molecule has 1 rings (SSSR count). The summed E-state index contributed by atoms with van der Waals surface area (Å²) in [5.74, 6) is -0.514. The van der Waals surface area contributed by atoms with E-state index < -0.39 is 5.91 Å². The highest BCUT2D eigenvalue weighted by atomic mass is 16.1. The number of benzene rings is 1. The van der Waals surface area contributed by atoms with Gasteiger partial charge in [0.2, 0.25) is 0 Å². The molecule has 0 spiro atoms. The van der Waals surface area contributed by atoms with Gasteiger partial charge < -0.3 is 16.4 Å². The summed E-state index contributed by atoms with van der Waals surface area (Å²) in [5.41, 5.74) is 12.6. The molecule has 96 valence electrons. The number of carbonyl (C=O) groups excluding carboxylic acids is 1. The molecule has 5 nitrogen and oxygen atoms in total. The fourth-order valence-electron chi connectivity index (χ4n) is 1.83. The zero-order valence-corrected chi connectivity index (χ0v) is 10.7. The lowest BCUT2D eigenvalue weighted by atomic mass is 10.1. The number of anilines is 2. The second-order valence-electron chi connectivity index (χ2n) is 4.34. The van der Waals surface area contributed by atoms with E-state index in [0.29, 0.717) is 24.2 Å². The third-order valence-electron chi connectivity index (χ3n) is 2.68. The van der Waals surface area contributed by atoms with Crippen LogP contribution in [0.5, 0.6) is 0 Å². The smallest absolute Gasteiger partial charge is 0.250 e. The maximum Gasteiger partial charge on any atom is 0.250 e. The van der Waals surface area contributed by atoms with E-state index in [2.05, 4.69) is 6.07 Å². The van der Waals surface area contributed by atoms with Crippen LogP contribution < -0.4 is 16.4 Å². The number of hydrogen-bond donors (Lipinski definition) is 2. The molecule has 0 unspecified atom stereocenters. The van der Waals surface area contributed by atoms with Gasteiger partial charge in [0.15, 0.2) is 0 Å². The zero-order valence-electron chi connectivity index (χ0n) is 10.7. The van der Waals surface area contributed by atoms with E-state index in [1.165, 1.54) is 0 Å². The second-order valence-corrected chi connectivity index (χ2v) is 4.34. The van der Waals surface area contributed by atoms with Crippen LogP contribution in [0.25, 0.3) is 0 Å². The van der Waals surface area contributed by atoms with Gasteiger partial charge in [-0.2, -0.15) is 5.26 Å². The number of hydrogen-bond acceptors (Lipinski definition) is 4. The van der Waals surface area contributed by atoms with Crippen molar-refractivity contribution in [3.63, 3.8) is 0 Å². The fourth-order valence-corrected chi connectivity index (χ4v) is 1.83. The van der Waals surface area contributed by atoms with Crippen LogP contribution in [0.2, 0.25) is 0 Å². The van der Waals surface area contributed by atoms with Gasteiger partial charge in [0.05, 0.1) is 18.1 Å². The van der Waals surface area contributed by atoms with Crippen LogP contribution in [-0.2, 0) is 0 Å². The molecule has 5 heteroatoms. The summed E-state index contributed by atoms with van der Waals surface area (Å²) in [5, 5.41) is 8.68. The summed E-state index contributed by atoms with van der Waals surface area (Å²) >= 11 is 0. The lowest BCUT2D eigenvalue weighted by Gasteiger charge is -2.29. The van der Waals surface area contributed by atoms with Gasteiger partial charge in [-0.1, -0.05) is 0 Å². The van der Waals surface area contributed by atoms with Crippen LogP contribution in [0.4, 0.5) is 11.4 Å². The number of rotatable bonds is 5. The fraction of sp³-hybridized carbons (Fsp3) is 0.385. The quantitative estimate of drug-likeness (QED) is 0.769. The van der Waals surface area contributed by atoms with Crippen LogP contribution in [0.3, 0.4) is 0 Å². The Morgan fingerprint density at radius 1 is 1.50 bits per heavy atom. The van der Waals surface area contributed by atoms with Crippen LogP contribution in [0.1, 0.15) is 30.6 Å². The second kappa shape index (κ2) is 5.92. The maximum atomic E-state index is 11.4. The number of carbonyl (C=O) groups is 1. The molecule has 1 amide bonds. The zero-order chi connectivity index (χ0) is 13.7. The Balaban J connectivity index is 3.19. The Morgan fingerprint density at radius 2 is 2.17 bits per heavy atom. The summed E-state index contributed by atoms with van der Waals surface area (Å²) in [6, 6.07) is 7.33. The number of amides is 1. The molecule has 0 heterocycles. The minimum atomic E-state index is -0.514. The van der Waals surface area contributed by atoms with E-state index in [1.807, 2.05) is 18.7 Å². The summed E-state index contributed by atoms with van der Waals surface area (Å²) < 4.78 is 0. The van der Waals surface area contributed by atoms with Crippen molar-refractivity contribution in [2.45, 2.75) is 26.3 Å². The number of primary amides is 1. The van der Waals surface area contributed by atoms with Gasteiger partial charge in [-0.15, -0.1) is 0 Å². The van der Waals surface area contributed by atoms with E-state index >= 15 is 0 Å². The predicted octanol–water partition coefficient (Wildman–Crippen LogP) is 1.50. The lowest BCUT2D eigenvalue weighted by molar-refractivity contribution is 0.100. The summed E-state index contributed by atoms with van der Waals surface area (Å²) in [6.07, 6.45) is 0.390. The van der Waals surface area contributed by atoms with Crippen molar-refractivity contribution in [3.8, 4) is 6.07 Å². The molecule has 0 saturated heterocycles. The van der Waals surface area contributed by atoms with Gasteiger partial charge in [-0.3, -0.25) is 4.79 Å². The predicted molar refractivity (Wildman–Crippen MR) is 72.1 cm³/mol. The molecule has 0 aliphatic carbocycles. The molecular formula is C13H18N4O. The van der Waals surface area contributed by atoms with Gasteiger partial charge in [0, 0.05) is 24.0 Å². The Bertz CT molecular complexity index is 476. The minimum absolute atomic E-state index is 0.167.